The van der Waals surface area contributed by atoms with Gasteiger partial charge in [0.15, 0.2) is 0 Å². The van der Waals surface area contributed by atoms with Crippen LogP contribution in [0.2, 0.25) is 0 Å². The van der Waals surface area contributed by atoms with Gasteiger partial charge in [0.1, 0.15) is 11.3 Å². The third kappa shape index (κ3) is 3.62. The Morgan fingerprint density at radius 1 is 1.21 bits per heavy atom. The molecule has 0 saturated carbocycles. The van der Waals surface area contributed by atoms with E-state index in [1.54, 1.807) is 18.3 Å². The summed E-state index contributed by atoms with van der Waals surface area (Å²) in [6.45, 7) is 0.579. The van der Waals surface area contributed by atoms with Gasteiger partial charge >= 0.3 is 0 Å². The van der Waals surface area contributed by atoms with E-state index in [9.17, 15) is 4.79 Å². The highest BCUT2D eigenvalue weighted by Gasteiger charge is 2.14. The number of likely N-dealkylation sites (N-methyl/N-ethyl adjacent to an activating group) is 1. The second kappa shape index (κ2) is 7.09. The average molecular weight is 388 g/mol. The lowest BCUT2D eigenvalue weighted by atomic mass is 10.1. The van der Waals surface area contributed by atoms with Gasteiger partial charge in [-0.3, -0.25) is 4.79 Å². The van der Waals surface area contributed by atoms with Crippen LogP contribution in [0.1, 0.15) is 11.1 Å². The zero-order valence-corrected chi connectivity index (χ0v) is 15.2. The molecule has 0 N–H and O–H groups in total. The third-order valence-electron chi connectivity index (χ3n) is 3.96. The van der Waals surface area contributed by atoms with Gasteiger partial charge in [-0.1, -0.05) is 28.1 Å². The number of halogens is 1. The molecule has 0 fully saturated rings. The van der Waals surface area contributed by atoms with Crippen molar-refractivity contribution in [3.63, 3.8) is 0 Å². The molecule has 2 aromatic carbocycles. The Morgan fingerprint density at radius 3 is 2.67 bits per heavy atom. The van der Waals surface area contributed by atoms with Crippen molar-refractivity contribution in [2.45, 2.75) is 13.0 Å². The van der Waals surface area contributed by atoms with Crippen molar-refractivity contribution in [3.8, 4) is 5.75 Å². The molecule has 124 valence electrons. The summed E-state index contributed by atoms with van der Waals surface area (Å²) in [5.41, 5.74) is 2.71. The van der Waals surface area contributed by atoms with Crippen LogP contribution in [-0.2, 0) is 17.8 Å². The molecule has 0 aliphatic carbocycles. The molecule has 1 aromatic heterocycles. The first-order chi connectivity index (χ1) is 11.6. The standard InChI is InChI=1S/C19H18BrNO3/c1-21(11-13-3-5-15(20)6-4-13)19(22)9-14-12-24-18-10-16(23-2)7-8-17(14)18/h3-8,10,12H,9,11H2,1-2H3. The van der Waals surface area contributed by atoms with E-state index in [1.807, 2.05) is 49.5 Å². The fraction of sp³-hybridized carbons (Fsp3) is 0.211. The molecule has 1 amide bonds. The molecule has 5 heteroatoms. The highest BCUT2D eigenvalue weighted by molar-refractivity contribution is 9.10. The monoisotopic (exact) mass is 387 g/mol. The number of ether oxygens (including phenoxy) is 1. The maximum atomic E-state index is 12.5. The quantitative estimate of drug-likeness (QED) is 0.651. The predicted octanol–water partition coefficient (Wildman–Crippen LogP) is 4.41. The van der Waals surface area contributed by atoms with E-state index in [1.165, 1.54) is 0 Å². The summed E-state index contributed by atoms with van der Waals surface area (Å²) in [6, 6.07) is 13.6. The van der Waals surface area contributed by atoms with E-state index >= 15 is 0 Å². The van der Waals surface area contributed by atoms with E-state index in [-0.39, 0.29) is 5.91 Å². The Labute approximate surface area is 149 Å². The van der Waals surface area contributed by atoms with Gasteiger partial charge in [-0.15, -0.1) is 0 Å². The van der Waals surface area contributed by atoms with E-state index in [2.05, 4.69) is 15.9 Å². The summed E-state index contributed by atoms with van der Waals surface area (Å²) in [4.78, 5) is 14.2. The minimum absolute atomic E-state index is 0.0523. The fourth-order valence-electron chi connectivity index (χ4n) is 2.58. The highest BCUT2D eigenvalue weighted by Crippen LogP contribution is 2.26. The van der Waals surface area contributed by atoms with E-state index in [0.29, 0.717) is 13.0 Å². The lowest BCUT2D eigenvalue weighted by molar-refractivity contribution is -0.129. The summed E-state index contributed by atoms with van der Waals surface area (Å²) in [7, 11) is 3.43. The van der Waals surface area contributed by atoms with E-state index in [0.717, 1.165) is 32.3 Å². The number of amides is 1. The maximum Gasteiger partial charge on any atom is 0.227 e. The molecule has 0 atom stereocenters. The number of furan rings is 1. The van der Waals surface area contributed by atoms with Crippen LogP contribution < -0.4 is 4.74 Å². The lowest BCUT2D eigenvalue weighted by Crippen LogP contribution is -2.27. The first-order valence-electron chi connectivity index (χ1n) is 7.59. The molecule has 0 aliphatic rings. The summed E-state index contributed by atoms with van der Waals surface area (Å²) in [6.07, 6.45) is 1.96. The van der Waals surface area contributed by atoms with Gasteiger partial charge in [0.05, 0.1) is 19.8 Å². The summed E-state index contributed by atoms with van der Waals surface area (Å²) < 4.78 is 11.8. The Bertz CT molecular complexity index is 855. The third-order valence-corrected chi connectivity index (χ3v) is 4.49. The van der Waals surface area contributed by atoms with E-state index < -0.39 is 0 Å². The number of carbonyl (C=O) groups excluding carboxylic acids is 1. The Balaban J connectivity index is 1.71. The molecule has 1 heterocycles. The number of carbonyl (C=O) groups is 1. The number of benzene rings is 2. The van der Waals surface area contributed by atoms with Crippen LogP contribution in [0.3, 0.4) is 0 Å². The molecule has 0 aliphatic heterocycles. The molecule has 3 aromatic rings. The van der Waals surface area contributed by atoms with Crippen molar-refractivity contribution in [2.75, 3.05) is 14.2 Å². The van der Waals surface area contributed by atoms with Crippen molar-refractivity contribution in [1.82, 2.24) is 4.90 Å². The number of hydrogen-bond donors (Lipinski definition) is 0. The summed E-state index contributed by atoms with van der Waals surface area (Å²) in [5, 5.41) is 0.946. The zero-order valence-electron chi connectivity index (χ0n) is 13.6. The summed E-state index contributed by atoms with van der Waals surface area (Å²) in [5.74, 6) is 0.790. The minimum Gasteiger partial charge on any atom is -0.497 e. The fourth-order valence-corrected chi connectivity index (χ4v) is 2.84. The summed E-state index contributed by atoms with van der Waals surface area (Å²) >= 11 is 3.41. The number of fused-ring (bicyclic) bond motifs is 1. The normalized spacial score (nSPS) is 10.8. The molecule has 0 unspecified atom stereocenters. The maximum absolute atomic E-state index is 12.5. The zero-order chi connectivity index (χ0) is 17.1. The van der Waals surface area contributed by atoms with Gasteiger partial charge in [-0.05, 0) is 29.8 Å². The van der Waals surface area contributed by atoms with Crippen molar-refractivity contribution < 1.29 is 13.9 Å². The lowest BCUT2D eigenvalue weighted by Gasteiger charge is -2.17. The van der Waals surface area contributed by atoms with Crippen molar-refractivity contribution in [1.29, 1.82) is 0 Å². The Kier molecular flexibility index (Phi) is 4.90. The van der Waals surface area contributed by atoms with Gasteiger partial charge in [-0.25, -0.2) is 0 Å². The molecule has 0 spiro atoms. The molecule has 0 bridgehead atoms. The second-order valence-corrected chi connectivity index (χ2v) is 6.59. The smallest absolute Gasteiger partial charge is 0.227 e. The minimum atomic E-state index is 0.0523. The van der Waals surface area contributed by atoms with Gasteiger partial charge < -0.3 is 14.1 Å². The number of rotatable bonds is 5. The molecular formula is C19H18BrNO3. The average Bonchev–Trinajstić information content (AvgIpc) is 2.98. The van der Waals surface area contributed by atoms with Crippen LogP contribution in [0, 0.1) is 0 Å². The van der Waals surface area contributed by atoms with Crippen molar-refractivity contribution in [3.05, 3.63) is 64.3 Å². The Morgan fingerprint density at radius 2 is 1.96 bits per heavy atom. The van der Waals surface area contributed by atoms with Crippen molar-refractivity contribution >= 4 is 32.8 Å². The molecule has 24 heavy (non-hydrogen) atoms. The number of nitrogens with zero attached hydrogens (tertiary/aromatic N) is 1. The molecule has 3 rings (SSSR count). The molecule has 4 nitrogen and oxygen atoms in total. The van der Waals surface area contributed by atoms with Crippen LogP contribution in [0.15, 0.2) is 57.6 Å². The highest BCUT2D eigenvalue weighted by atomic mass is 79.9. The first kappa shape index (κ1) is 16.6. The van der Waals surface area contributed by atoms with Gasteiger partial charge in [-0.2, -0.15) is 0 Å². The second-order valence-electron chi connectivity index (χ2n) is 5.68. The Hall–Kier alpha value is -2.27. The van der Waals surface area contributed by atoms with Crippen LogP contribution in [-0.4, -0.2) is 25.0 Å². The molecule has 0 saturated heterocycles. The topological polar surface area (TPSA) is 42.7 Å². The predicted molar refractivity (Wildman–Crippen MR) is 97.1 cm³/mol. The largest absolute Gasteiger partial charge is 0.497 e. The van der Waals surface area contributed by atoms with Gasteiger partial charge in [0, 0.05) is 35.1 Å². The van der Waals surface area contributed by atoms with Crippen LogP contribution >= 0.6 is 15.9 Å². The molecule has 0 radical (unpaired) electrons. The van der Waals surface area contributed by atoms with E-state index in [4.69, 9.17) is 9.15 Å². The first-order valence-corrected chi connectivity index (χ1v) is 8.38. The van der Waals surface area contributed by atoms with Crippen LogP contribution in [0.25, 0.3) is 11.0 Å². The van der Waals surface area contributed by atoms with Crippen LogP contribution in [0.5, 0.6) is 5.75 Å². The SMILES string of the molecule is COc1ccc2c(CC(=O)N(C)Cc3ccc(Br)cc3)coc2c1. The molecular weight excluding hydrogens is 370 g/mol. The van der Waals surface area contributed by atoms with Crippen molar-refractivity contribution in [2.24, 2.45) is 0 Å². The van der Waals surface area contributed by atoms with Crippen LogP contribution in [0.4, 0.5) is 0 Å². The number of hydrogen-bond acceptors (Lipinski definition) is 3. The number of methoxy groups -OCH3 is 1. The van der Waals surface area contributed by atoms with Gasteiger partial charge in [0.25, 0.3) is 0 Å². The van der Waals surface area contributed by atoms with Gasteiger partial charge in [0.2, 0.25) is 5.91 Å².